The van der Waals surface area contributed by atoms with E-state index in [-0.39, 0.29) is 5.54 Å². The van der Waals surface area contributed by atoms with Crippen LogP contribution in [-0.4, -0.2) is 23.3 Å². The fraction of sp³-hybridized carbons (Fsp3) is 0.952. The highest BCUT2D eigenvalue weighted by atomic mass is 15.7. The quantitative estimate of drug-likeness (QED) is 0.328. The third-order valence-corrected chi connectivity index (χ3v) is 5.41. The Bertz CT molecular complexity index is 304. The lowest BCUT2D eigenvalue weighted by Crippen LogP contribution is -2.47. The summed E-state index contributed by atoms with van der Waals surface area (Å²) in [6.45, 7) is 7.86. The molecule has 1 heterocycles. The van der Waals surface area contributed by atoms with Gasteiger partial charge >= 0.3 is 0 Å². The Morgan fingerprint density at radius 2 is 1.25 bits per heavy atom. The second kappa shape index (κ2) is 13.7. The summed E-state index contributed by atoms with van der Waals surface area (Å²) in [5.74, 6) is 0. The van der Waals surface area contributed by atoms with Crippen LogP contribution in [0.3, 0.4) is 0 Å². The molecule has 0 bridgehead atoms. The number of hydrazone groups is 1. The third-order valence-electron chi connectivity index (χ3n) is 5.41. The van der Waals surface area contributed by atoms with Crippen molar-refractivity contribution >= 4 is 6.21 Å². The molecule has 0 atom stereocenters. The molecule has 0 aromatic rings. The molecular formula is C21H43N3. The van der Waals surface area contributed by atoms with E-state index < -0.39 is 0 Å². The molecule has 3 nitrogen and oxygen atoms in total. The predicted octanol–water partition coefficient (Wildman–Crippen LogP) is 6.44. The molecule has 0 saturated heterocycles. The molecule has 0 fully saturated rings. The summed E-state index contributed by atoms with van der Waals surface area (Å²) < 4.78 is 0. The molecular weight excluding hydrogens is 294 g/mol. The van der Waals surface area contributed by atoms with Gasteiger partial charge < -0.3 is 0 Å². The lowest BCUT2D eigenvalue weighted by Gasteiger charge is -2.34. The zero-order valence-corrected chi connectivity index (χ0v) is 16.8. The largest absolute Gasteiger partial charge is 0.240 e. The Morgan fingerprint density at radius 1 is 0.792 bits per heavy atom. The number of hydrogen-bond acceptors (Lipinski definition) is 3. The molecule has 3 heteroatoms. The number of unbranched alkanes of at least 4 members (excludes halogenated alkanes) is 13. The van der Waals surface area contributed by atoms with Gasteiger partial charge in [0.15, 0.2) is 0 Å². The first kappa shape index (κ1) is 21.5. The van der Waals surface area contributed by atoms with Crippen molar-refractivity contribution in [3.05, 3.63) is 0 Å². The highest BCUT2D eigenvalue weighted by Crippen LogP contribution is 2.22. The fourth-order valence-electron chi connectivity index (χ4n) is 3.54. The zero-order valence-electron chi connectivity index (χ0n) is 16.8. The average Bonchev–Trinajstić information content (AvgIpc) is 3.10. The van der Waals surface area contributed by atoms with E-state index in [9.17, 15) is 0 Å². The summed E-state index contributed by atoms with van der Waals surface area (Å²) in [5, 5.41) is 6.35. The van der Waals surface area contributed by atoms with Crippen LogP contribution >= 0.6 is 0 Å². The molecule has 1 rings (SSSR count). The second-order valence-electron chi connectivity index (χ2n) is 8.18. The zero-order chi connectivity index (χ0) is 17.5. The van der Waals surface area contributed by atoms with Gasteiger partial charge in [0.2, 0.25) is 0 Å². The lowest BCUT2D eigenvalue weighted by atomic mass is 9.95. The van der Waals surface area contributed by atoms with Crippen LogP contribution in [0.2, 0.25) is 0 Å². The number of rotatable bonds is 16. The molecule has 24 heavy (non-hydrogen) atoms. The normalized spacial score (nSPS) is 15.1. The van der Waals surface area contributed by atoms with E-state index in [2.05, 4.69) is 36.4 Å². The minimum atomic E-state index is 0.216. The van der Waals surface area contributed by atoms with E-state index in [0.29, 0.717) is 0 Å². The van der Waals surface area contributed by atoms with Crippen molar-refractivity contribution < 1.29 is 0 Å². The Labute approximate surface area is 151 Å². The van der Waals surface area contributed by atoms with E-state index in [1.54, 1.807) is 0 Å². The van der Waals surface area contributed by atoms with E-state index in [0.717, 1.165) is 6.54 Å². The third kappa shape index (κ3) is 10.3. The Balaban J connectivity index is 1.79. The van der Waals surface area contributed by atoms with Gasteiger partial charge in [-0.3, -0.25) is 0 Å². The first-order chi connectivity index (χ1) is 11.7. The second-order valence-corrected chi connectivity index (χ2v) is 8.18. The molecule has 1 N–H and O–H groups in total. The van der Waals surface area contributed by atoms with Crippen molar-refractivity contribution in [1.82, 2.24) is 10.5 Å². The monoisotopic (exact) mass is 337 g/mol. The molecule has 142 valence electrons. The molecule has 0 aliphatic carbocycles. The number of nitrogens with zero attached hydrogens (tertiary/aromatic N) is 2. The summed E-state index contributed by atoms with van der Waals surface area (Å²) >= 11 is 0. The highest BCUT2D eigenvalue weighted by Gasteiger charge is 2.27. The summed E-state index contributed by atoms with van der Waals surface area (Å²) in [6.07, 6.45) is 23.2. The van der Waals surface area contributed by atoms with Crippen molar-refractivity contribution in [2.24, 2.45) is 5.10 Å². The molecule has 1 aliphatic heterocycles. The van der Waals surface area contributed by atoms with Gasteiger partial charge in [-0.2, -0.15) is 10.1 Å². The highest BCUT2D eigenvalue weighted by molar-refractivity contribution is 5.60. The molecule has 1 aliphatic rings. The average molecular weight is 338 g/mol. The Morgan fingerprint density at radius 3 is 1.67 bits per heavy atom. The topological polar surface area (TPSA) is 27.6 Å². The van der Waals surface area contributed by atoms with Crippen LogP contribution in [0.5, 0.6) is 0 Å². The molecule has 0 amide bonds. The van der Waals surface area contributed by atoms with E-state index in [4.69, 9.17) is 0 Å². The molecule has 0 aromatic heterocycles. The van der Waals surface area contributed by atoms with E-state index >= 15 is 0 Å². The van der Waals surface area contributed by atoms with E-state index in [1.165, 1.54) is 96.3 Å². The molecule has 0 spiro atoms. The summed E-state index contributed by atoms with van der Waals surface area (Å²) in [4.78, 5) is 0. The summed E-state index contributed by atoms with van der Waals surface area (Å²) in [5.41, 5.74) is 3.32. The van der Waals surface area contributed by atoms with E-state index in [1.807, 2.05) is 6.21 Å². The lowest BCUT2D eigenvalue weighted by molar-refractivity contribution is 0.0835. The Hall–Kier alpha value is -0.570. The predicted molar refractivity (Wildman–Crippen MR) is 107 cm³/mol. The summed E-state index contributed by atoms with van der Waals surface area (Å²) in [6, 6.07) is 0. The van der Waals surface area contributed by atoms with Crippen molar-refractivity contribution in [3.63, 3.8) is 0 Å². The van der Waals surface area contributed by atoms with Crippen molar-refractivity contribution in [3.8, 4) is 0 Å². The number of nitrogens with one attached hydrogen (secondary N) is 1. The van der Waals surface area contributed by atoms with Gasteiger partial charge in [-0.05, 0) is 20.3 Å². The van der Waals surface area contributed by atoms with Crippen molar-refractivity contribution in [2.75, 3.05) is 6.54 Å². The molecule has 0 aromatic carbocycles. The first-order valence-corrected chi connectivity index (χ1v) is 10.7. The van der Waals surface area contributed by atoms with Crippen molar-refractivity contribution in [2.45, 2.75) is 123 Å². The maximum absolute atomic E-state index is 4.10. The fourth-order valence-corrected chi connectivity index (χ4v) is 3.54. The summed E-state index contributed by atoms with van der Waals surface area (Å²) in [7, 11) is 0. The maximum atomic E-state index is 4.10. The van der Waals surface area contributed by atoms with Crippen LogP contribution in [0.25, 0.3) is 0 Å². The first-order valence-electron chi connectivity index (χ1n) is 10.7. The van der Waals surface area contributed by atoms with Crippen LogP contribution < -0.4 is 5.53 Å². The van der Waals surface area contributed by atoms with Gasteiger partial charge in [0.1, 0.15) is 0 Å². The van der Waals surface area contributed by atoms with Gasteiger partial charge in [-0.15, -0.1) is 0 Å². The van der Waals surface area contributed by atoms with Gasteiger partial charge in [-0.1, -0.05) is 96.8 Å². The molecule has 0 radical (unpaired) electrons. The smallest absolute Gasteiger partial charge is 0.0572 e. The van der Waals surface area contributed by atoms with Gasteiger partial charge in [-0.25, -0.2) is 5.53 Å². The van der Waals surface area contributed by atoms with Crippen LogP contribution in [0, 0.1) is 0 Å². The van der Waals surface area contributed by atoms with Crippen LogP contribution in [0.1, 0.15) is 117 Å². The molecule has 0 unspecified atom stereocenters. The maximum Gasteiger partial charge on any atom is 0.0572 e. The number of hydrazine groups is 1. The Kier molecular flexibility index (Phi) is 12.2. The van der Waals surface area contributed by atoms with Crippen LogP contribution in [0.4, 0.5) is 0 Å². The van der Waals surface area contributed by atoms with Crippen molar-refractivity contribution in [1.29, 1.82) is 0 Å². The van der Waals surface area contributed by atoms with Gasteiger partial charge in [0.05, 0.1) is 6.54 Å². The van der Waals surface area contributed by atoms with Gasteiger partial charge in [0.25, 0.3) is 0 Å². The molecule has 0 saturated carbocycles. The minimum absolute atomic E-state index is 0.216. The minimum Gasteiger partial charge on any atom is -0.240 e. The number of hydrogen-bond donors (Lipinski definition) is 1. The van der Waals surface area contributed by atoms with Crippen LogP contribution in [-0.2, 0) is 0 Å². The standard InChI is InChI=1S/C21H43N3/c1-4-5-6-7-8-9-10-11-12-13-14-15-16-17-18-21(2,3)24-20-19-22-23-24/h19,23H,4-18,20H2,1-3H3. The SMILES string of the molecule is CCCCCCCCCCCCCCCCC(C)(C)N1CC=NN1. The van der Waals surface area contributed by atoms with Gasteiger partial charge in [0, 0.05) is 11.8 Å². The van der Waals surface area contributed by atoms with Crippen LogP contribution in [0.15, 0.2) is 5.10 Å².